The number of allylic oxidation sites excluding steroid dienone is 2. The van der Waals surface area contributed by atoms with Gasteiger partial charge in [0, 0.05) is 24.1 Å². The normalized spacial score (nSPS) is 12.9. The topological polar surface area (TPSA) is 103 Å². The van der Waals surface area contributed by atoms with Gasteiger partial charge in [0.1, 0.15) is 12.4 Å². The second-order valence-electron chi connectivity index (χ2n) is 6.76. The Bertz CT molecular complexity index is 844. The molecule has 1 aliphatic heterocycles. The summed E-state index contributed by atoms with van der Waals surface area (Å²) in [6.45, 7) is 6.19. The Morgan fingerprint density at radius 1 is 1.24 bits per heavy atom. The number of rotatable bonds is 8. The van der Waals surface area contributed by atoms with Gasteiger partial charge >= 0.3 is 18.0 Å². The van der Waals surface area contributed by atoms with Crippen LogP contribution in [0.15, 0.2) is 11.6 Å². The molecule has 0 saturated heterocycles. The number of fused-ring (bicyclic) bond motifs is 1. The van der Waals surface area contributed by atoms with Crippen LogP contribution in [0.1, 0.15) is 53.7 Å². The first-order chi connectivity index (χ1) is 13.8. The van der Waals surface area contributed by atoms with E-state index in [0.29, 0.717) is 47.5 Å². The van der Waals surface area contributed by atoms with Crippen LogP contribution in [-0.2, 0) is 27.3 Å². The number of urea groups is 1. The van der Waals surface area contributed by atoms with Crippen molar-refractivity contribution in [3.8, 4) is 5.75 Å². The molecule has 0 fully saturated rings. The number of benzene rings is 1. The van der Waals surface area contributed by atoms with Crippen molar-refractivity contribution in [1.29, 1.82) is 0 Å². The fourth-order valence-corrected chi connectivity index (χ4v) is 3.29. The lowest BCUT2D eigenvalue weighted by Gasteiger charge is -2.20. The van der Waals surface area contributed by atoms with Crippen molar-refractivity contribution in [1.82, 2.24) is 5.32 Å². The lowest BCUT2D eigenvalue weighted by molar-refractivity contribution is -0.140. The number of anilines is 1. The second-order valence-corrected chi connectivity index (χ2v) is 6.76. The highest BCUT2D eigenvalue weighted by molar-refractivity contribution is 6.05. The SMILES string of the molecule is CCNC(=O)Nc1c(CC=C(C)CCC(=O)OC)c(OC)c(C)c2c1C(=O)OC2. The lowest BCUT2D eigenvalue weighted by atomic mass is 9.93. The van der Waals surface area contributed by atoms with Gasteiger partial charge in [0.2, 0.25) is 0 Å². The molecule has 0 spiro atoms. The molecule has 8 nitrogen and oxygen atoms in total. The highest BCUT2D eigenvalue weighted by Gasteiger charge is 2.32. The van der Waals surface area contributed by atoms with Crippen molar-refractivity contribution < 1.29 is 28.6 Å². The molecule has 2 N–H and O–H groups in total. The third-order valence-corrected chi connectivity index (χ3v) is 4.86. The molecule has 158 valence electrons. The van der Waals surface area contributed by atoms with Crippen LogP contribution in [0.5, 0.6) is 5.75 Å². The van der Waals surface area contributed by atoms with Gasteiger partial charge in [0.15, 0.2) is 0 Å². The van der Waals surface area contributed by atoms with Gasteiger partial charge in [-0.3, -0.25) is 4.79 Å². The van der Waals surface area contributed by atoms with Crippen LogP contribution in [0.4, 0.5) is 10.5 Å². The molecule has 0 radical (unpaired) electrons. The Balaban J connectivity index is 2.46. The molecule has 1 heterocycles. The molecular weight excluding hydrogens is 376 g/mol. The minimum atomic E-state index is -0.467. The van der Waals surface area contributed by atoms with Gasteiger partial charge in [0.25, 0.3) is 0 Å². The molecule has 1 aliphatic rings. The maximum Gasteiger partial charge on any atom is 0.341 e. The van der Waals surface area contributed by atoms with Crippen molar-refractivity contribution in [3.63, 3.8) is 0 Å². The fraction of sp³-hybridized carbons (Fsp3) is 0.476. The minimum Gasteiger partial charge on any atom is -0.496 e. The summed E-state index contributed by atoms with van der Waals surface area (Å²) < 4.78 is 15.5. The monoisotopic (exact) mass is 404 g/mol. The van der Waals surface area contributed by atoms with E-state index in [0.717, 1.165) is 11.1 Å². The number of amides is 2. The number of esters is 2. The van der Waals surface area contributed by atoms with Gasteiger partial charge < -0.3 is 24.8 Å². The van der Waals surface area contributed by atoms with Gasteiger partial charge in [-0.1, -0.05) is 11.6 Å². The Hall–Kier alpha value is -3.03. The standard InChI is InChI=1S/C21H28N2O6/c1-6-22-21(26)23-18-14(9-7-12(2)8-10-16(24)27-4)19(28-5)13(3)15-11-29-20(25)17(15)18/h7H,6,8-11H2,1-5H3,(H2,22,23,26). The van der Waals surface area contributed by atoms with Gasteiger partial charge in [-0.25, -0.2) is 9.59 Å². The van der Waals surface area contributed by atoms with Gasteiger partial charge in [-0.2, -0.15) is 0 Å². The molecule has 0 atom stereocenters. The average molecular weight is 404 g/mol. The molecule has 0 aromatic heterocycles. The number of hydrogen-bond acceptors (Lipinski definition) is 6. The molecule has 2 rings (SSSR count). The number of hydrogen-bond donors (Lipinski definition) is 2. The van der Waals surface area contributed by atoms with Crippen LogP contribution in [0.3, 0.4) is 0 Å². The van der Waals surface area contributed by atoms with Crippen LogP contribution < -0.4 is 15.4 Å². The molecule has 0 bridgehead atoms. The van der Waals surface area contributed by atoms with E-state index in [1.807, 2.05) is 26.8 Å². The molecular formula is C21H28N2O6. The third kappa shape index (κ3) is 5.07. The van der Waals surface area contributed by atoms with Gasteiger partial charge in [-0.05, 0) is 39.2 Å². The largest absolute Gasteiger partial charge is 0.496 e. The maximum atomic E-state index is 12.4. The predicted octanol–water partition coefficient (Wildman–Crippen LogP) is 3.26. The number of carbonyl (C=O) groups is 3. The van der Waals surface area contributed by atoms with Gasteiger partial charge in [0.05, 0.1) is 25.5 Å². The Morgan fingerprint density at radius 2 is 1.97 bits per heavy atom. The first-order valence-corrected chi connectivity index (χ1v) is 9.50. The minimum absolute atomic E-state index is 0.148. The van der Waals surface area contributed by atoms with E-state index in [-0.39, 0.29) is 19.0 Å². The van der Waals surface area contributed by atoms with E-state index >= 15 is 0 Å². The number of nitrogens with one attached hydrogen (secondary N) is 2. The molecule has 0 aliphatic carbocycles. The summed E-state index contributed by atoms with van der Waals surface area (Å²) in [7, 11) is 2.91. The van der Waals surface area contributed by atoms with Crippen molar-refractivity contribution in [2.75, 3.05) is 26.1 Å². The number of ether oxygens (including phenoxy) is 3. The van der Waals surface area contributed by atoms with E-state index in [1.54, 1.807) is 7.11 Å². The summed E-state index contributed by atoms with van der Waals surface area (Å²) >= 11 is 0. The fourth-order valence-electron chi connectivity index (χ4n) is 3.29. The van der Waals surface area contributed by atoms with E-state index in [1.165, 1.54) is 7.11 Å². The zero-order valence-electron chi connectivity index (χ0n) is 17.6. The number of methoxy groups -OCH3 is 2. The molecule has 0 unspecified atom stereocenters. The maximum absolute atomic E-state index is 12.4. The highest BCUT2D eigenvalue weighted by atomic mass is 16.5. The number of cyclic esters (lactones) is 1. The Morgan fingerprint density at radius 3 is 2.59 bits per heavy atom. The smallest absolute Gasteiger partial charge is 0.341 e. The van der Waals surface area contributed by atoms with E-state index in [9.17, 15) is 14.4 Å². The van der Waals surface area contributed by atoms with Crippen molar-refractivity contribution in [3.05, 3.63) is 33.9 Å². The van der Waals surface area contributed by atoms with Crippen molar-refractivity contribution >= 4 is 23.7 Å². The highest BCUT2D eigenvalue weighted by Crippen LogP contribution is 2.41. The summed E-state index contributed by atoms with van der Waals surface area (Å²) in [4.78, 5) is 36.0. The van der Waals surface area contributed by atoms with Crippen LogP contribution in [0.2, 0.25) is 0 Å². The summed E-state index contributed by atoms with van der Waals surface area (Å²) in [5.74, 6) is -0.138. The van der Waals surface area contributed by atoms with Crippen molar-refractivity contribution in [2.45, 2.75) is 46.6 Å². The quantitative estimate of drug-likeness (QED) is 0.509. The summed E-state index contributed by atoms with van der Waals surface area (Å²) in [6.07, 6.45) is 3.21. The van der Waals surface area contributed by atoms with E-state index in [2.05, 4.69) is 15.4 Å². The number of carbonyl (C=O) groups excluding carboxylic acids is 3. The summed E-state index contributed by atoms with van der Waals surface area (Å²) in [5, 5.41) is 5.47. The van der Waals surface area contributed by atoms with Gasteiger partial charge in [-0.15, -0.1) is 0 Å². The lowest BCUT2D eigenvalue weighted by Crippen LogP contribution is -2.29. The van der Waals surface area contributed by atoms with Crippen LogP contribution in [0.25, 0.3) is 0 Å². The second kappa shape index (κ2) is 9.95. The van der Waals surface area contributed by atoms with Crippen LogP contribution in [-0.4, -0.2) is 38.7 Å². The molecule has 1 aromatic carbocycles. The molecule has 29 heavy (non-hydrogen) atoms. The molecule has 8 heteroatoms. The first kappa shape index (κ1) is 22.3. The van der Waals surface area contributed by atoms with Crippen LogP contribution in [0, 0.1) is 6.92 Å². The Kier molecular flexibility index (Phi) is 7.64. The molecule has 0 saturated carbocycles. The van der Waals surface area contributed by atoms with E-state index < -0.39 is 12.0 Å². The first-order valence-electron chi connectivity index (χ1n) is 9.50. The van der Waals surface area contributed by atoms with Crippen molar-refractivity contribution in [2.24, 2.45) is 0 Å². The summed E-state index contributed by atoms with van der Waals surface area (Å²) in [5.41, 5.74) is 3.96. The third-order valence-electron chi connectivity index (χ3n) is 4.86. The zero-order valence-corrected chi connectivity index (χ0v) is 17.6. The van der Waals surface area contributed by atoms with E-state index in [4.69, 9.17) is 9.47 Å². The molecule has 1 aromatic rings. The zero-order chi connectivity index (χ0) is 21.6. The van der Waals surface area contributed by atoms with Crippen LogP contribution >= 0.6 is 0 Å². The average Bonchev–Trinajstić information content (AvgIpc) is 3.08. The summed E-state index contributed by atoms with van der Waals surface area (Å²) in [6, 6.07) is -0.409. The molecule has 2 amide bonds. The predicted molar refractivity (Wildman–Crippen MR) is 108 cm³/mol. The Labute approximate surface area is 170 Å².